The van der Waals surface area contributed by atoms with Gasteiger partial charge in [-0.05, 0) is 67.7 Å². The summed E-state index contributed by atoms with van der Waals surface area (Å²) < 4.78 is 7.14. The Morgan fingerprint density at radius 1 is 0.974 bits per heavy atom. The van der Waals surface area contributed by atoms with Crippen LogP contribution < -0.4 is 10.1 Å². The highest BCUT2D eigenvalue weighted by Gasteiger charge is 2.11. The van der Waals surface area contributed by atoms with Crippen LogP contribution in [0.25, 0.3) is 20.8 Å². The number of aromatic nitrogens is 1. The second kappa shape index (κ2) is 13.8. The topological polar surface area (TPSA) is 54.5 Å². The third-order valence-electron chi connectivity index (χ3n) is 6.66. The number of ether oxygens (including phenoxy) is 1. The second-order valence-corrected chi connectivity index (χ2v) is 11.7. The molecular formula is C31H35N3O2S2. The van der Waals surface area contributed by atoms with Crippen LogP contribution in [0.1, 0.15) is 36.8 Å². The van der Waals surface area contributed by atoms with Gasteiger partial charge >= 0.3 is 0 Å². The Balaban J connectivity index is 0.960. The summed E-state index contributed by atoms with van der Waals surface area (Å²) in [5.41, 5.74) is 4.69. The number of carbonyl (C=O) groups excluding carboxylic acids is 1. The van der Waals surface area contributed by atoms with E-state index >= 15 is 0 Å². The summed E-state index contributed by atoms with van der Waals surface area (Å²) in [6.45, 7) is 4.62. The van der Waals surface area contributed by atoms with E-state index in [1.165, 1.54) is 48.2 Å². The van der Waals surface area contributed by atoms with Gasteiger partial charge in [0.1, 0.15) is 10.8 Å². The van der Waals surface area contributed by atoms with Gasteiger partial charge in [-0.15, -0.1) is 23.1 Å². The summed E-state index contributed by atoms with van der Waals surface area (Å²) in [6.07, 6.45) is 4.76. The second-order valence-electron chi connectivity index (χ2n) is 9.71. The number of carbonyl (C=O) groups is 1. The Morgan fingerprint density at radius 3 is 2.66 bits per heavy atom. The van der Waals surface area contributed by atoms with Crippen LogP contribution in [-0.4, -0.2) is 47.8 Å². The van der Waals surface area contributed by atoms with Gasteiger partial charge in [-0.2, -0.15) is 0 Å². The minimum absolute atomic E-state index is 0.0737. The van der Waals surface area contributed by atoms with Crippen molar-refractivity contribution >= 4 is 39.2 Å². The molecule has 5 nitrogen and oxygen atoms in total. The summed E-state index contributed by atoms with van der Waals surface area (Å²) >= 11 is 3.35. The van der Waals surface area contributed by atoms with E-state index in [4.69, 9.17) is 9.72 Å². The van der Waals surface area contributed by atoms with Crippen molar-refractivity contribution in [2.24, 2.45) is 0 Å². The van der Waals surface area contributed by atoms with Crippen LogP contribution in [0.4, 0.5) is 0 Å². The molecule has 7 heteroatoms. The molecule has 2 heterocycles. The molecule has 4 aromatic rings. The lowest BCUT2D eigenvalue weighted by Gasteiger charge is -2.26. The van der Waals surface area contributed by atoms with Gasteiger partial charge < -0.3 is 10.1 Å². The summed E-state index contributed by atoms with van der Waals surface area (Å²) in [5.74, 6) is 2.25. The van der Waals surface area contributed by atoms with Gasteiger partial charge in [0, 0.05) is 24.4 Å². The molecule has 1 saturated heterocycles. The number of rotatable bonds is 12. The number of nitrogens with zero attached hydrogens (tertiary/aromatic N) is 2. The number of likely N-dealkylation sites (tertiary alicyclic amines) is 1. The van der Waals surface area contributed by atoms with Gasteiger partial charge in [0.05, 0.1) is 22.6 Å². The van der Waals surface area contributed by atoms with E-state index in [0.29, 0.717) is 18.9 Å². The molecule has 1 amide bonds. The minimum atomic E-state index is 0.0737. The van der Waals surface area contributed by atoms with Gasteiger partial charge in [0.15, 0.2) is 0 Å². The van der Waals surface area contributed by atoms with E-state index in [0.717, 1.165) is 40.6 Å². The SMILES string of the molecule is O=C(CSCc1ccc(-c2nc3ccccc3s2)cc1)NCCCOc1cccc(CN2CCCCC2)c1. The number of amides is 1. The number of benzene rings is 3. The molecule has 0 aliphatic carbocycles. The first-order valence-electron chi connectivity index (χ1n) is 13.5. The number of para-hydroxylation sites is 1. The van der Waals surface area contributed by atoms with Crippen LogP contribution in [0.2, 0.25) is 0 Å². The Morgan fingerprint density at radius 2 is 1.82 bits per heavy atom. The number of thiazole rings is 1. The van der Waals surface area contributed by atoms with Crippen molar-refractivity contribution < 1.29 is 9.53 Å². The number of fused-ring (bicyclic) bond motifs is 1. The molecule has 0 bridgehead atoms. The molecule has 5 rings (SSSR count). The standard InChI is InChI=1S/C31H35N3O2S2/c35-30(32-16-7-19-36-27-9-6-8-25(20-27)21-34-17-4-1-5-18-34)23-37-22-24-12-14-26(15-13-24)31-33-28-10-2-3-11-29(28)38-31/h2-3,6,8-15,20H,1,4-5,7,16-19,21-23H2,(H,32,35). The van der Waals surface area contributed by atoms with Crippen LogP contribution in [0.5, 0.6) is 5.75 Å². The van der Waals surface area contributed by atoms with Crippen molar-refractivity contribution in [3.8, 4) is 16.3 Å². The highest BCUT2D eigenvalue weighted by Crippen LogP contribution is 2.30. The largest absolute Gasteiger partial charge is 0.494 e. The van der Waals surface area contributed by atoms with Gasteiger partial charge in [-0.25, -0.2) is 4.98 Å². The Bertz CT molecular complexity index is 1280. The van der Waals surface area contributed by atoms with Crippen molar-refractivity contribution in [2.75, 3.05) is 32.0 Å². The third-order valence-corrected chi connectivity index (χ3v) is 8.75. The monoisotopic (exact) mass is 545 g/mol. The van der Waals surface area contributed by atoms with Gasteiger partial charge in [-0.3, -0.25) is 9.69 Å². The predicted octanol–water partition coefficient (Wildman–Crippen LogP) is 6.77. The molecule has 198 valence electrons. The van der Waals surface area contributed by atoms with Crippen molar-refractivity contribution in [1.29, 1.82) is 0 Å². The molecule has 0 radical (unpaired) electrons. The lowest BCUT2D eigenvalue weighted by molar-refractivity contribution is -0.118. The maximum Gasteiger partial charge on any atom is 0.230 e. The first kappa shape index (κ1) is 26.7. The molecule has 0 spiro atoms. The predicted molar refractivity (Wildman–Crippen MR) is 160 cm³/mol. The average Bonchev–Trinajstić information content (AvgIpc) is 3.39. The van der Waals surface area contributed by atoms with Crippen LogP contribution in [0.3, 0.4) is 0 Å². The van der Waals surface area contributed by atoms with E-state index in [9.17, 15) is 4.79 Å². The molecule has 1 aliphatic heterocycles. The number of piperidine rings is 1. The van der Waals surface area contributed by atoms with Gasteiger partial charge in [0.2, 0.25) is 5.91 Å². The lowest BCUT2D eigenvalue weighted by Crippen LogP contribution is -2.29. The first-order chi connectivity index (χ1) is 18.7. The van der Waals surface area contributed by atoms with Crippen molar-refractivity contribution in [1.82, 2.24) is 15.2 Å². The van der Waals surface area contributed by atoms with E-state index in [1.807, 2.05) is 24.3 Å². The Kier molecular flexibility index (Phi) is 9.70. The average molecular weight is 546 g/mol. The van der Waals surface area contributed by atoms with E-state index in [1.54, 1.807) is 23.1 Å². The molecule has 0 unspecified atom stereocenters. The molecule has 0 saturated carbocycles. The number of hydrogen-bond donors (Lipinski definition) is 1. The van der Waals surface area contributed by atoms with Crippen molar-refractivity contribution in [3.05, 3.63) is 83.9 Å². The lowest BCUT2D eigenvalue weighted by atomic mass is 10.1. The molecule has 1 aliphatic rings. The van der Waals surface area contributed by atoms with Crippen LogP contribution >= 0.6 is 23.1 Å². The maximum atomic E-state index is 12.2. The van der Waals surface area contributed by atoms with Crippen LogP contribution in [0.15, 0.2) is 72.8 Å². The maximum absolute atomic E-state index is 12.2. The summed E-state index contributed by atoms with van der Waals surface area (Å²) in [4.78, 5) is 19.5. The summed E-state index contributed by atoms with van der Waals surface area (Å²) in [5, 5.41) is 4.05. The molecular weight excluding hydrogens is 510 g/mol. The fourth-order valence-electron chi connectivity index (χ4n) is 4.65. The number of thioether (sulfide) groups is 1. The molecule has 0 atom stereocenters. The van der Waals surface area contributed by atoms with Crippen LogP contribution in [-0.2, 0) is 17.1 Å². The zero-order chi connectivity index (χ0) is 26.0. The fraction of sp³-hybridized carbons (Fsp3) is 0.355. The van der Waals surface area contributed by atoms with E-state index in [2.05, 4.69) is 58.7 Å². The van der Waals surface area contributed by atoms with Crippen molar-refractivity contribution in [2.45, 2.75) is 38.0 Å². The quantitative estimate of drug-likeness (QED) is 0.199. The number of hydrogen-bond acceptors (Lipinski definition) is 6. The fourth-order valence-corrected chi connectivity index (χ4v) is 6.44. The summed E-state index contributed by atoms with van der Waals surface area (Å²) in [6, 6.07) is 25.1. The smallest absolute Gasteiger partial charge is 0.230 e. The molecule has 1 aromatic heterocycles. The third kappa shape index (κ3) is 7.82. The van der Waals surface area contributed by atoms with Gasteiger partial charge in [0.25, 0.3) is 0 Å². The zero-order valence-electron chi connectivity index (χ0n) is 21.7. The Labute approximate surface area is 233 Å². The molecule has 38 heavy (non-hydrogen) atoms. The highest BCUT2D eigenvalue weighted by molar-refractivity contribution is 7.99. The molecule has 1 fully saturated rings. The van der Waals surface area contributed by atoms with Gasteiger partial charge in [-0.1, -0.05) is 55.0 Å². The summed E-state index contributed by atoms with van der Waals surface area (Å²) in [7, 11) is 0. The van der Waals surface area contributed by atoms with Crippen molar-refractivity contribution in [3.63, 3.8) is 0 Å². The van der Waals surface area contributed by atoms with E-state index in [-0.39, 0.29) is 5.91 Å². The van der Waals surface area contributed by atoms with Crippen LogP contribution in [0, 0.1) is 0 Å². The molecule has 1 N–H and O–H groups in total. The normalized spacial score (nSPS) is 14.0. The van der Waals surface area contributed by atoms with E-state index < -0.39 is 0 Å². The number of nitrogens with one attached hydrogen (secondary N) is 1. The minimum Gasteiger partial charge on any atom is -0.494 e. The Hall–Kier alpha value is -2.87. The molecule has 3 aromatic carbocycles. The first-order valence-corrected chi connectivity index (χ1v) is 15.4. The zero-order valence-corrected chi connectivity index (χ0v) is 23.4. The highest BCUT2D eigenvalue weighted by atomic mass is 32.2.